The molecule has 1 N–H and O–H groups in total. The van der Waals surface area contributed by atoms with Gasteiger partial charge >= 0.3 is 0 Å². The van der Waals surface area contributed by atoms with Gasteiger partial charge < -0.3 is 10.1 Å². The molecule has 156 valence electrons. The van der Waals surface area contributed by atoms with E-state index in [4.69, 9.17) is 4.74 Å². The van der Waals surface area contributed by atoms with Gasteiger partial charge in [0.15, 0.2) is 0 Å². The Balaban J connectivity index is 2.37. The van der Waals surface area contributed by atoms with Crippen LogP contribution in [-0.2, 0) is 9.59 Å². The van der Waals surface area contributed by atoms with E-state index in [1.54, 1.807) is 7.11 Å². The van der Waals surface area contributed by atoms with Gasteiger partial charge in [-0.25, -0.2) is 0 Å². The van der Waals surface area contributed by atoms with Crippen molar-refractivity contribution in [3.8, 4) is 5.75 Å². The van der Waals surface area contributed by atoms with Crippen LogP contribution in [0, 0.1) is 6.92 Å². The number of carbonyl (C=O) groups is 2. The second-order valence-corrected chi connectivity index (χ2v) is 7.95. The number of aryl methyl sites for hydroxylation is 1. The summed E-state index contributed by atoms with van der Waals surface area (Å²) in [6, 6.07) is 11.7. The molecule has 0 aliphatic rings. The third kappa shape index (κ3) is 5.37. The molecule has 5 nitrogen and oxygen atoms in total. The van der Waals surface area contributed by atoms with Gasteiger partial charge in [0.05, 0.1) is 12.8 Å². The van der Waals surface area contributed by atoms with Crippen LogP contribution >= 0.6 is 0 Å². The van der Waals surface area contributed by atoms with Crippen molar-refractivity contribution in [3.63, 3.8) is 0 Å². The van der Waals surface area contributed by atoms with Gasteiger partial charge in [0.2, 0.25) is 11.8 Å². The zero-order valence-electron chi connectivity index (χ0n) is 18.5. The highest BCUT2D eigenvalue weighted by Gasteiger charge is 2.22. The molecule has 0 radical (unpaired) electrons. The molecular formula is C24H32N2O3. The number of benzene rings is 2. The number of rotatable bonds is 7. The summed E-state index contributed by atoms with van der Waals surface area (Å²) in [7, 11) is 1.56. The van der Waals surface area contributed by atoms with Gasteiger partial charge in [0.1, 0.15) is 12.3 Å². The predicted molar refractivity (Wildman–Crippen MR) is 119 cm³/mol. The first kappa shape index (κ1) is 22.5. The van der Waals surface area contributed by atoms with Crippen molar-refractivity contribution < 1.29 is 14.3 Å². The Bertz CT molecular complexity index is 861. The van der Waals surface area contributed by atoms with Crippen LogP contribution in [-0.4, -0.2) is 25.5 Å². The summed E-state index contributed by atoms with van der Waals surface area (Å²) in [5.74, 6) is 0.641. The molecule has 0 heterocycles. The number of hydrogen-bond acceptors (Lipinski definition) is 3. The van der Waals surface area contributed by atoms with Crippen LogP contribution in [0.3, 0.4) is 0 Å². The lowest BCUT2D eigenvalue weighted by Crippen LogP contribution is -2.37. The molecule has 0 fully saturated rings. The summed E-state index contributed by atoms with van der Waals surface area (Å²) in [6.45, 7) is 11.7. The lowest BCUT2D eigenvalue weighted by Gasteiger charge is -2.25. The van der Waals surface area contributed by atoms with Crippen LogP contribution in [0.15, 0.2) is 36.4 Å². The van der Waals surface area contributed by atoms with Crippen molar-refractivity contribution in [3.05, 3.63) is 53.1 Å². The maximum atomic E-state index is 13.0. The molecule has 0 unspecified atom stereocenters. The maximum Gasteiger partial charge on any atom is 0.244 e. The predicted octanol–water partition coefficient (Wildman–Crippen LogP) is 5.24. The zero-order chi connectivity index (χ0) is 21.7. The van der Waals surface area contributed by atoms with Crippen LogP contribution in [0.2, 0.25) is 0 Å². The van der Waals surface area contributed by atoms with E-state index in [0.717, 1.165) is 22.4 Å². The molecule has 0 atom stereocenters. The molecule has 5 heteroatoms. The SMILES string of the molecule is COc1ccc(C)cc1N(CC(=O)Nc1c(C(C)C)cccc1C(C)C)C(C)=O. The highest BCUT2D eigenvalue weighted by atomic mass is 16.5. The molecule has 0 saturated carbocycles. The van der Waals surface area contributed by atoms with Gasteiger partial charge in [-0.2, -0.15) is 0 Å². The summed E-state index contributed by atoms with van der Waals surface area (Å²) in [5.41, 5.74) is 4.61. The van der Waals surface area contributed by atoms with Gasteiger partial charge in [0, 0.05) is 12.6 Å². The van der Waals surface area contributed by atoms with E-state index in [1.807, 2.05) is 43.3 Å². The van der Waals surface area contributed by atoms with Crippen molar-refractivity contribution in [2.75, 3.05) is 23.9 Å². The number of amides is 2. The third-order valence-corrected chi connectivity index (χ3v) is 4.94. The lowest BCUT2D eigenvalue weighted by molar-refractivity contribution is -0.120. The molecule has 2 amide bonds. The highest BCUT2D eigenvalue weighted by molar-refractivity contribution is 6.03. The molecule has 2 aromatic rings. The average molecular weight is 397 g/mol. The Labute approximate surface area is 174 Å². The molecule has 2 rings (SSSR count). The van der Waals surface area contributed by atoms with Crippen LogP contribution in [0.25, 0.3) is 0 Å². The Morgan fingerprint density at radius 2 is 1.62 bits per heavy atom. The number of carbonyl (C=O) groups excluding carboxylic acids is 2. The molecule has 2 aromatic carbocycles. The Morgan fingerprint density at radius 1 is 1.03 bits per heavy atom. The van der Waals surface area contributed by atoms with Crippen molar-refractivity contribution in [2.45, 2.75) is 53.4 Å². The minimum atomic E-state index is -0.237. The van der Waals surface area contributed by atoms with E-state index in [-0.39, 0.29) is 30.2 Å². The number of para-hydroxylation sites is 1. The fourth-order valence-electron chi connectivity index (χ4n) is 3.40. The molecular weight excluding hydrogens is 364 g/mol. The molecule has 0 bridgehead atoms. The topological polar surface area (TPSA) is 58.6 Å². The first-order valence-corrected chi connectivity index (χ1v) is 10.0. The van der Waals surface area contributed by atoms with Gasteiger partial charge in [-0.05, 0) is 47.6 Å². The largest absolute Gasteiger partial charge is 0.495 e. The zero-order valence-corrected chi connectivity index (χ0v) is 18.5. The second-order valence-electron chi connectivity index (χ2n) is 7.95. The van der Waals surface area contributed by atoms with Crippen LogP contribution in [0.4, 0.5) is 11.4 Å². The summed E-state index contributed by atoms with van der Waals surface area (Å²) >= 11 is 0. The standard InChI is InChI=1S/C24H32N2O3/c1-15(2)19-9-8-10-20(16(3)4)24(19)25-23(28)14-26(18(6)27)21-13-17(5)11-12-22(21)29-7/h8-13,15-16H,14H2,1-7H3,(H,25,28). The summed E-state index contributed by atoms with van der Waals surface area (Å²) < 4.78 is 5.41. The number of anilines is 2. The van der Waals surface area contributed by atoms with Crippen molar-refractivity contribution in [1.29, 1.82) is 0 Å². The van der Waals surface area contributed by atoms with Gasteiger partial charge in [0.25, 0.3) is 0 Å². The van der Waals surface area contributed by atoms with Gasteiger partial charge in [-0.1, -0.05) is 52.0 Å². The van der Waals surface area contributed by atoms with Crippen LogP contribution in [0.5, 0.6) is 5.75 Å². The maximum absolute atomic E-state index is 13.0. The van der Waals surface area contributed by atoms with E-state index < -0.39 is 0 Å². The number of methoxy groups -OCH3 is 1. The minimum Gasteiger partial charge on any atom is -0.495 e. The highest BCUT2D eigenvalue weighted by Crippen LogP contribution is 2.33. The minimum absolute atomic E-state index is 0.0842. The summed E-state index contributed by atoms with van der Waals surface area (Å²) in [5, 5.41) is 3.08. The van der Waals surface area contributed by atoms with Crippen molar-refractivity contribution >= 4 is 23.2 Å². The van der Waals surface area contributed by atoms with E-state index in [1.165, 1.54) is 11.8 Å². The second kappa shape index (κ2) is 9.59. The van der Waals surface area contributed by atoms with Crippen molar-refractivity contribution in [2.24, 2.45) is 0 Å². The molecule has 0 aromatic heterocycles. The molecule has 0 saturated heterocycles. The fraction of sp³-hybridized carbons (Fsp3) is 0.417. The summed E-state index contributed by atoms with van der Waals surface area (Å²) in [6.07, 6.45) is 0. The molecule has 0 aliphatic carbocycles. The third-order valence-electron chi connectivity index (χ3n) is 4.94. The summed E-state index contributed by atoms with van der Waals surface area (Å²) in [4.78, 5) is 26.8. The number of nitrogens with zero attached hydrogens (tertiary/aromatic N) is 1. The van der Waals surface area contributed by atoms with Crippen molar-refractivity contribution in [1.82, 2.24) is 0 Å². The average Bonchev–Trinajstić information content (AvgIpc) is 2.65. The first-order chi connectivity index (χ1) is 13.6. The van der Waals surface area contributed by atoms with E-state index in [9.17, 15) is 9.59 Å². The van der Waals surface area contributed by atoms with Gasteiger partial charge in [-0.3, -0.25) is 14.5 Å². The molecule has 29 heavy (non-hydrogen) atoms. The quantitative estimate of drug-likeness (QED) is 0.696. The number of nitrogens with one attached hydrogen (secondary N) is 1. The number of hydrogen-bond donors (Lipinski definition) is 1. The van der Waals surface area contributed by atoms with E-state index >= 15 is 0 Å². The normalized spacial score (nSPS) is 10.9. The van der Waals surface area contributed by atoms with Crippen LogP contribution < -0.4 is 15.0 Å². The first-order valence-electron chi connectivity index (χ1n) is 10.0. The lowest BCUT2D eigenvalue weighted by atomic mass is 9.92. The smallest absolute Gasteiger partial charge is 0.244 e. The van der Waals surface area contributed by atoms with E-state index in [0.29, 0.717) is 11.4 Å². The fourth-order valence-corrected chi connectivity index (χ4v) is 3.40. The molecule has 0 spiro atoms. The van der Waals surface area contributed by atoms with Crippen LogP contribution in [0.1, 0.15) is 63.1 Å². The Kier molecular flexibility index (Phi) is 7.43. The monoisotopic (exact) mass is 396 g/mol. The number of ether oxygens (including phenoxy) is 1. The Hall–Kier alpha value is -2.82. The van der Waals surface area contributed by atoms with Gasteiger partial charge in [-0.15, -0.1) is 0 Å². The van der Waals surface area contributed by atoms with E-state index in [2.05, 4.69) is 33.0 Å². The Morgan fingerprint density at radius 3 is 2.10 bits per heavy atom. The molecule has 0 aliphatic heterocycles.